The Morgan fingerprint density at radius 2 is 1.75 bits per heavy atom. The van der Waals surface area contributed by atoms with Crippen LogP contribution < -0.4 is 0 Å². The summed E-state index contributed by atoms with van der Waals surface area (Å²) in [5, 5.41) is 0. The Morgan fingerprint density at radius 1 is 1.12 bits per heavy atom. The average molecular weight is 244 g/mol. The number of halogens is 2. The van der Waals surface area contributed by atoms with Crippen molar-refractivity contribution in [2.24, 2.45) is 0 Å². The van der Waals surface area contributed by atoms with Crippen LogP contribution in [0.4, 0.5) is 8.78 Å². The monoisotopic (exact) mass is 244 g/mol. The molecule has 1 aromatic rings. The highest BCUT2D eigenvalue weighted by Crippen LogP contribution is 2.22. The fourth-order valence-corrected chi connectivity index (χ4v) is 4.57. The molecule has 0 atom stereocenters. The number of hydrogen-bond acceptors (Lipinski definition) is 1. The Hall–Kier alpha value is -0.743. The van der Waals surface area contributed by atoms with Crippen LogP contribution in [0.3, 0.4) is 0 Å². The van der Waals surface area contributed by atoms with Gasteiger partial charge in [0, 0.05) is 7.11 Å². The second kappa shape index (κ2) is 5.55. The largest absolute Gasteiger partial charge is 0.420 e. The molecular formula is C12H18F2OSi. The number of hydrogen-bond donors (Lipinski definition) is 0. The van der Waals surface area contributed by atoms with Crippen LogP contribution in [0, 0.1) is 11.6 Å². The standard InChI is InChI=1S/C12H18F2OSi/c1-4-16(5-2,15-3)9-10-6-7-11(13)12(14)8-10/h6-8H,4-5,9H2,1-3H3. The van der Waals surface area contributed by atoms with Crippen LogP contribution in [0.2, 0.25) is 12.1 Å². The van der Waals surface area contributed by atoms with Crippen LogP contribution in [0.25, 0.3) is 0 Å². The van der Waals surface area contributed by atoms with E-state index >= 15 is 0 Å². The van der Waals surface area contributed by atoms with Crippen molar-refractivity contribution in [3.63, 3.8) is 0 Å². The van der Waals surface area contributed by atoms with Crippen LogP contribution in [0.15, 0.2) is 18.2 Å². The molecule has 0 heterocycles. The van der Waals surface area contributed by atoms with Gasteiger partial charge in [0.1, 0.15) is 0 Å². The van der Waals surface area contributed by atoms with E-state index in [1.54, 1.807) is 13.2 Å². The maximum absolute atomic E-state index is 13.1. The topological polar surface area (TPSA) is 9.23 Å². The van der Waals surface area contributed by atoms with Gasteiger partial charge in [-0.25, -0.2) is 8.78 Å². The predicted octanol–water partition coefficient (Wildman–Crippen LogP) is 3.68. The normalized spacial score (nSPS) is 11.8. The van der Waals surface area contributed by atoms with Crippen LogP contribution in [-0.4, -0.2) is 15.4 Å². The maximum atomic E-state index is 13.1. The first kappa shape index (κ1) is 13.3. The first-order valence-electron chi connectivity index (χ1n) is 5.56. The third-order valence-corrected chi connectivity index (χ3v) is 7.73. The van der Waals surface area contributed by atoms with Crippen molar-refractivity contribution >= 4 is 8.32 Å². The highest BCUT2D eigenvalue weighted by Gasteiger charge is 2.30. The molecule has 0 amide bonds. The molecule has 0 aromatic heterocycles. The second-order valence-corrected chi connectivity index (χ2v) is 8.56. The lowest BCUT2D eigenvalue weighted by molar-refractivity contribution is 0.391. The van der Waals surface area contributed by atoms with E-state index in [1.165, 1.54) is 12.1 Å². The van der Waals surface area contributed by atoms with E-state index in [-0.39, 0.29) is 0 Å². The SMILES string of the molecule is CC[Si](CC)(Cc1ccc(F)c(F)c1)OC. The minimum atomic E-state index is -1.79. The Labute approximate surface area is 96.6 Å². The summed E-state index contributed by atoms with van der Waals surface area (Å²) < 4.78 is 31.5. The van der Waals surface area contributed by atoms with E-state index in [9.17, 15) is 8.78 Å². The van der Waals surface area contributed by atoms with Crippen molar-refractivity contribution in [3.8, 4) is 0 Å². The minimum absolute atomic E-state index is 0.744. The molecule has 4 heteroatoms. The third-order valence-electron chi connectivity index (χ3n) is 3.23. The van der Waals surface area contributed by atoms with Gasteiger partial charge in [-0.1, -0.05) is 19.9 Å². The molecule has 0 spiro atoms. The van der Waals surface area contributed by atoms with Crippen LogP contribution in [0.1, 0.15) is 19.4 Å². The molecular weight excluding hydrogens is 226 g/mol. The Kier molecular flexibility index (Phi) is 4.62. The maximum Gasteiger partial charge on any atom is 0.196 e. The Bertz CT molecular complexity index is 343. The zero-order valence-corrected chi connectivity index (χ0v) is 11.0. The lowest BCUT2D eigenvalue weighted by Gasteiger charge is -2.27. The highest BCUT2D eigenvalue weighted by molar-refractivity contribution is 6.73. The van der Waals surface area contributed by atoms with Gasteiger partial charge in [0.05, 0.1) is 0 Å². The van der Waals surface area contributed by atoms with E-state index in [0.29, 0.717) is 0 Å². The highest BCUT2D eigenvalue weighted by atomic mass is 28.4. The molecule has 0 bridgehead atoms. The van der Waals surface area contributed by atoms with Gasteiger partial charge in [0.15, 0.2) is 20.0 Å². The van der Waals surface area contributed by atoms with Crippen molar-refractivity contribution in [1.29, 1.82) is 0 Å². The van der Waals surface area contributed by atoms with Gasteiger partial charge in [-0.15, -0.1) is 0 Å². The number of rotatable bonds is 5. The molecule has 0 saturated carbocycles. The second-order valence-electron chi connectivity index (χ2n) is 4.02. The molecule has 16 heavy (non-hydrogen) atoms. The van der Waals surface area contributed by atoms with Crippen LogP contribution in [0.5, 0.6) is 0 Å². The van der Waals surface area contributed by atoms with Crippen molar-refractivity contribution < 1.29 is 13.2 Å². The summed E-state index contributed by atoms with van der Waals surface area (Å²) in [6.45, 7) is 4.19. The van der Waals surface area contributed by atoms with Gasteiger partial charge >= 0.3 is 0 Å². The summed E-state index contributed by atoms with van der Waals surface area (Å²) in [4.78, 5) is 0. The Morgan fingerprint density at radius 3 is 2.19 bits per heavy atom. The van der Waals surface area contributed by atoms with Crippen molar-refractivity contribution in [2.75, 3.05) is 7.11 Å². The molecule has 0 aliphatic rings. The molecule has 0 unspecified atom stereocenters. The summed E-state index contributed by atoms with van der Waals surface area (Å²) in [6.07, 6.45) is 0. The molecule has 0 aliphatic heterocycles. The van der Waals surface area contributed by atoms with Gasteiger partial charge in [-0.05, 0) is 35.8 Å². The zero-order chi connectivity index (χ0) is 12.2. The van der Waals surface area contributed by atoms with Gasteiger partial charge in [0.25, 0.3) is 0 Å². The van der Waals surface area contributed by atoms with Crippen LogP contribution >= 0.6 is 0 Å². The lowest BCUT2D eigenvalue weighted by atomic mass is 10.2. The third kappa shape index (κ3) is 2.89. The van der Waals surface area contributed by atoms with E-state index in [0.717, 1.165) is 23.7 Å². The molecule has 1 nitrogen and oxygen atoms in total. The average Bonchev–Trinajstić information content (AvgIpc) is 2.31. The summed E-state index contributed by atoms with van der Waals surface area (Å²) in [5.41, 5.74) is 0.830. The summed E-state index contributed by atoms with van der Waals surface area (Å²) in [7, 11) is -0.0663. The zero-order valence-electron chi connectivity index (χ0n) is 10.0. The molecule has 90 valence electrons. The molecule has 0 saturated heterocycles. The van der Waals surface area contributed by atoms with Crippen molar-refractivity contribution in [3.05, 3.63) is 35.4 Å². The predicted molar refractivity (Wildman–Crippen MR) is 63.8 cm³/mol. The van der Waals surface area contributed by atoms with E-state index < -0.39 is 20.0 Å². The van der Waals surface area contributed by atoms with E-state index in [4.69, 9.17) is 4.43 Å². The minimum Gasteiger partial charge on any atom is -0.420 e. The van der Waals surface area contributed by atoms with E-state index in [1.807, 2.05) is 0 Å². The molecule has 1 rings (SSSR count). The fraction of sp³-hybridized carbons (Fsp3) is 0.500. The smallest absolute Gasteiger partial charge is 0.196 e. The summed E-state index contributed by atoms with van der Waals surface area (Å²) >= 11 is 0. The van der Waals surface area contributed by atoms with Crippen LogP contribution in [-0.2, 0) is 10.5 Å². The van der Waals surface area contributed by atoms with Gasteiger partial charge in [0.2, 0.25) is 0 Å². The molecule has 1 aromatic carbocycles. The van der Waals surface area contributed by atoms with Gasteiger partial charge < -0.3 is 4.43 Å². The summed E-state index contributed by atoms with van der Waals surface area (Å²) in [6, 6.07) is 6.82. The lowest BCUT2D eigenvalue weighted by Crippen LogP contribution is -2.38. The molecule has 0 radical (unpaired) electrons. The molecule has 0 N–H and O–H groups in total. The van der Waals surface area contributed by atoms with E-state index in [2.05, 4.69) is 13.8 Å². The molecule has 0 fully saturated rings. The van der Waals surface area contributed by atoms with Gasteiger partial charge in [-0.3, -0.25) is 0 Å². The summed E-state index contributed by atoms with van der Waals surface area (Å²) in [5.74, 6) is -1.56. The quantitative estimate of drug-likeness (QED) is 0.718. The first-order chi connectivity index (χ1) is 7.56. The van der Waals surface area contributed by atoms with Crippen molar-refractivity contribution in [1.82, 2.24) is 0 Å². The Balaban J connectivity index is 2.89. The van der Waals surface area contributed by atoms with Gasteiger partial charge in [-0.2, -0.15) is 0 Å². The first-order valence-corrected chi connectivity index (χ1v) is 8.09. The fourth-order valence-electron chi connectivity index (χ4n) is 1.88. The molecule has 0 aliphatic carbocycles. The number of benzene rings is 1. The van der Waals surface area contributed by atoms with Crippen molar-refractivity contribution in [2.45, 2.75) is 32.0 Å².